The topological polar surface area (TPSA) is 55.9 Å². The van der Waals surface area contributed by atoms with E-state index in [2.05, 4.69) is 61.2 Å². The van der Waals surface area contributed by atoms with Crippen LogP contribution in [0.15, 0.2) is 22.7 Å². The summed E-state index contributed by atoms with van der Waals surface area (Å²) in [6.45, 7) is 1.90. The van der Waals surface area contributed by atoms with Gasteiger partial charge in [-0.25, -0.2) is 0 Å². The number of hydrazine groups is 1. The third-order valence-electron chi connectivity index (χ3n) is 3.19. The van der Waals surface area contributed by atoms with Gasteiger partial charge in [-0.15, -0.1) is 0 Å². The molecule has 1 aromatic heterocycles. The molecule has 4 nitrogen and oxygen atoms in total. The van der Waals surface area contributed by atoms with Gasteiger partial charge in [0.25, 0.3) is 0 Å². The first kappa shape index (κ1) is 16.2. The molecule has 2 aromatic rings. The molecule has 0 aliphatic heterocycles. The number of benzene rings is 1. The standard InChI is InChI=1S/C13H15BrClIN4/c1-7-13(15)12(20(2)19-7)6-11(18-17)9-5-8(14)3-4-10(9)16/h3-5,11,18H,6,17H2,1-2H3. The molecule has 2 rings (SSSR count). The molecule has 1 atom stereocenters. The van der Waals surface area contributed by atoms with Crippen LogP contribution in [-0.2, 0) is 13.5 Å². The molecule has 0 saturated heterocycles. The highest BCUT2D eigenvalue weighted by Crippen LogP contribution is 2.29. The van der Waals surface area contributed by atoms with Crippen LogP contribution < -0.4 is 11.3 Å². The fourth-order valence-electron chi connectivity index (χ4n) is 2.14. The lowest BCUT2D eigenvalue weighted by Crippen LogP contribution is -2.30. The lowest BCUT2D eigenvalue weighted by molar-refractivity contribution is 0.528. The fourth-order valence-corrected chi connectivity index (χ4v) is 3.46. The van der Waals surface area contributed by atoms with E-state index in [9.17, 15) is 0 Å². The summed E-state index contributed by atoms with van der Waals surface area (Å²) in [4.78, 5) is 0. The average Bonchev–Trinajstić information content (AvgIpc) is 2.65. The highest BCUT2D eigenvalue weighted by molar-refractivity contribution is 14.1. The summed E-state index contributed by atoms with van der Waals surface area (Å²) in [5, 5.41) is 5.04. The largest absolute Gasteiger partial charge is 0.271 e. The first-order valence-corrected chi connectivity index (χ1v) is 8.28. The van der Waals surface area contributed by atoms with Gasteiger partial charge in [0.05, 0.1) is 22.5 Å². The maximum absolute atomic E-state index is 6.31. The highest BCUT2D eigenvalue weighted by Gasteiger charge is 2.19. The first-order valence-electron chi connectivity index (χ1n) is 6.03. The average molecular weight is 470 g/mol. The molecule has 0 radical (unpaired) electrons. The normalized spacial score (nSPS) is 12.7. The third kappa shape index (κ3) is 3.36. The first-order chi connectivity index (χ1) is 9.43. The molecule has 0 fully saturated rings. The van der Waals surface area contributed by atoms with Crippen LogP contribution in [0.1, 0.15) is 23.0 Å². The van der Waals surface area contributed by atoms with Crippen molar-refractivity contribution in [2.24, 2.45) is 12.9 Å². The van der Waals surface area contributed by atoms with E-state index < -0.39 is 0 Å². The Morgan fingerprint density at radius 2 is 2.25 bits per heavy atom. The number of halogens is 3. The molecule has 0 aliphatic carbocycles. The lowest BCUT2D eigenvalue weighted by Gasteiger charge is -2.18. The van der Waals surface area contributed by atoms with Crippen LogP contribution in [0.4, 0.5) is 0 Å². The van der Waals surface area contributed by atoms with Crippen molar-refractivity contribution in [3.63, 3.8) is 0 Å². The van der Waals surface area contributed by atoms with E-state index >= 15 is 0 Å². The van der Waals surface area contributed by atoms with Crippen molar-refractivity contribution in [2.75, 3.05) is 0 Å². The van der Waals surface area contributed by atoms with Gasteiger partial charge in [0.2, 0.25) is 0 Å². The summed E-state index contributed by atoms with van der Waals surface area (Å²) >= 11 is 12.1. The second kappa shape index (κ2) is 6.74. The molecule has 1 unspecified atom stereocenters. The summed E-state index contributed by atoms with van der Waals surface area (Å²) in [6, 6.07) is 6.12. The van der Waals surface area contributed by atoms with Gasteiger partial charge in [-0.2, -0.15) is 5.10 Å². The van der Waals surface area contributed by atoms with Gasteiger partial charge in [-0.05, 0) is 53.3 Å². The highest BCUT2D eigenvalue weighted by atomic mass is 127. The second-order valence-electron chi connectivity index (χ2n) is 4.56. The Hall–Kier alpha value is -0.150. The van der Waals surface area contributed by atoms with Gasteiger partial charge in [0.15, 0.2) is 0 Å². The zero-order valence-electron chi connectivity index (χ0n) is 11.1. The molecule has 1 aromatic carbocycles. The van der Waals surface area contributed by atoms with Crippen LogP contribution in [0.5, 0.6) is 0 Å². The van der Waals surface area contributed by atoms with Crippen molar-refractivity contribution in [1.29, 1.82) is 0 Å². The smallest absolute Gasteiger partial charge is 0.0847 e. The Morgan fingerprint density at radius 3 is 2.80 bits per heavy atom. The molecule has 0 saturated carbocycles. The van der Waals surface area contributed by atoms with Gasteiger partial charge in [0.1, 0.15) is 0 Å². The third-order valence-corrected chi connectivity index (χ3v) is 5.16. The minimum absolute atomic E-state index is 0.0216. The molecular weight excluding hydrogens is 454 g/mol. The van der Waals surface area contributed by atoms with E-state index in [-0.39, 0.29) is 6.04 Å². The van der Waals surface area contributed by atoms with Gasteiger partial charge in [-0.1, -0.05) is 27.5 Å². The SMILES string of the molecule is Cc1nn(C)c(CC(NN)c2cc(Br)ccc2I)c1Cl. The fraction of sp³-hybridized carbons (Fsp3) is 0.308. The van der Waals surface area contributed by atoms with Gasteiger partial charge < -0.3 is 0 Å². The van der Waals surface area contributed by atoms with Crippen LogP contribution >= 0.6 is 50.1 Å². The van der Waals surface area contributed by atoms with E-state index in [0.29, 0.717) is 11.4 Å². The molecule has 108 valence electrons. The summed E-state index contributed by atoms with van der Waals surface area (Å²) in [7, 11) is 1.90. The molecule has 3 N–H and O–H groups in total. The number of aromatic nitrogens is 2. The quantitative estimate of drug-likeness (QED) is 0.410. The monoisotopic (exact) mass is 468 g/mol. The minimum Gasteiger partial charge on any atom is -0.271 e. The van der Waals surface area contributed by atoms with E-state index in [1.165, 1.54) is 0 Å². The molecule has 20 heavy (non-hydrogen) atoms. The predicted molar refractivity (Wildman–Crippen MR) is 93.6 cm³/mol. The number of nitrogens with one attached hydrogen (secondary N) is 1. The number of rotatable bonds is 4. The summed E-state index contributed by atoms with van der Waals surface area (Å²) < 4.78 is 4.00. The molecule has 0 bridgehead atoms. The van der Waals surface area contributed by atoms with Crippen LogP contribution in [0, 0.1) is 10.5 Å². The Kier molecular flexibility index (Phi) is 5.47. The van der Waals surface area contributed by atoms with E-state index in [1.54, 1.807) is 0 Å². The molecule has 0 amide bonds. The van der Waals surface area contributed by atoms with Crippen molar-refractivity contribution in [1.82, 2.24) is 15.2 Å². The Labute approximate surface area is 145 Å². The molecule has 0 spiro atoms. The van der Waals surface area contributed by atoms with Gasteiger partial charge in [-0.3, -0.25) is 16.0 Å². The number of nitrogens with two attached hydrogens (primary N) is 1. The predicted octanol–water partition coefficient (Wildman–Crippen LogP) is 3.50. The van der Waals surface area contributed by atoms with Crippen molar-refractivity contribution >= 4 is 50.1 Å². The van der Waals surface area contributed by atoms with E-state index in [1.807, 2.05) is 24.7 Å². The zero-order valence-corrected chi connectivity index (χ0v) is 15.6. The maximum Gasteiger partial charge on any atom is 0.0847 e. The van der Waals surface area contributed by atoms with Crippen LogP contribution in [-0.4, -0.2) is 9.78 Å². The minimum atomic E-state index is -0.0216. The molecule has 0 aliphatic rings. The number of nitrogens with zero attached hydrogens (tertiary/aromatic N) is 2. The number of hydrogen-bond acceptors (Lipinski definition) is 3. The molecule has 7 heteroatoms. The Morgan fingerprint density at radius 1 is 1.55 bits per heavy atom. The lowest BCUT2D eigenvalue weighted by atomic mass is 10.0. The number of aryl methyl sites for hydroxylation is 2. The van der Waals surface area contributed by atoms with Crippen molar-refractivity contribution in [3.8, 4) is 0 Å². The zero-order chi connectivity index (χ0) is 14.9. The summed E-state index contributed by atoms with van der Waals surface area (Å²) in [5.41, 5.74) is 5.82. The maximum atomic E-state index is 6.31. The summed E-state index contributed by atoms with van der Waals surface area (Å²) in [6.07, 6.45) is 0.680. The van der Waals surface area contributed by atoms with E-state index in [0.717, 1.165) is 25.0 Å². The van der Waals surface area contributed by atoms with E-state index in [4.69, 9.17) is 17.4 Å². The van der Waals surface area contributed by atoms with Gasteiger partial charge in [0, 0.05) is 21.5 Å². The Balaban J connectivity index is 2.36. The van der Waals surface area contributed by atoms with Gasteiger partial charge >= 0.3 is 0 Å². The van der Waals surface area contributed by atoms with Crippen molar-refractivity contribution < 1.29 is 0 Å². The van der Waals surface area contributed by atoms with Crippen LogP contribution in [0.25, 0.3) is 0 Å². The van der Waals surface area contributed by atoms with Crippen LogP contribution in [0.2, 0.25) is 5.02 Å². The van der Waals surface area contributed by atoms with Crippen LogP contribution in [0.3, 0.4) is 0 Å². The summed E-state index contributed by atoms with van der Waals surface area (Å²) in [5.74, 6) is 5.74. The second-order valence-corrected chi connectivity index (χ2v) is 7.01. The Bertz CT molecular complexity index is 629. The van der Waals surface area contributed by atoms with Crippen molar-refractivity contribution in [3.05, 3.63) is 48.2 Å². The molecular formula is C13H15BrClIN4. The molecule has 1 heterocycles. The number of hydrogen-bond donors (Lipinski definition) is 2. The van der Waals surface area contributed by atoms with Crippen molar-refractivity contribution in [2.45, 2.75) is 19.4 Å².